The molecule has 2 aliphatic heterocycles. The zero-order valence-electron chi connectivity index (χ0n) is 28.5. The molecule has 0 aromatic heterocycles. The number of carboxylic acid groups (broad SMARTS) is 1. The molecule has 7 heteroatoms. The summed E-state index contributed by atoms with van der Waals surface area (Å²) in [4.78, 5) is 12.3. The predicted octanol–water partition coefficient (Wildman–Crippen LogP) is 8.62. The van der Waals surface area contributed by atoms with Crippen molar-refractivity contribution in [2.24, 2.45) is 47.2 Å². The third kappa shape index (κ3) is 11.0. The second kappa shape index (κ2) is 19.4. The lowest BCUT2D eigenvalue weighted by Crippen LogP contribution is -2.37. The third-order valence-corrected chi connectivity index (χ3v) is 13.8. The van der Waals surface area contributed by atoms with E-state index in [0.29, 0.717) is 24.3 Å². The summed E-state index contributed by atoms with van der Waals surface area (Å²) in [7, 11) is 3.89. The molecule has 7 atom stereocenters. The van der Waals surface area contributed by atoms with Gasteiger partial charge in [0, 0.05) is 17.9 Å². The van der Waals surface area contributed by atoms with Crippen LogP contribution in [0.1, 0.15) is 86.5 Å². The van der Waals surface area contributed by atoms with Crippen molar-refractivity contribution < 1.29 is 20.1 Å². The van der Waals surface area contributed by atoms with Crippen molar-refractivity contribution in [1.82, 2.24) is 0 Å². The van der Waals surface area contributed by atoms with E-state index >= 15 is 0 Å². The third-order valence-electron chi connectivity index (χ3n) is 11.3. The van der Waals surface area contributed by atoms with Crippen LogP contribution in [0.15, 0.2) is 72.8 Å². The SMILES string of the molecule is NCC[C@@H]1[C@@H](CC(=O)O)[C@H]2C=C[C@H]1C[C@@H](C/C=C\[C@H](O)CC1CCCCC1)[C@@H](Cc1cccc(CO)c1)CSSCc1ccccc1C2. The number of nitrogens with two attached hydrogens (primary N) is 1. The van der Waals surface area contributed by atoms with Gasteiger partial charge < -0.3 is 21.1 Å². The van der Waals surface area contributed by atoms with Crippen molar-refractivity contribution >= 4 is 27.6 Å². The normalized spacial score (nSPS) is 27.8. The molecule has 4 aliphatic rings. The summed E-state index contributed by atoms with van der Waals surface area (Å²) in [5.41, 5.74) is 11.1. The van der Waals surface area contributed by atoms with Gasteiger partial charge in [0.05, 0.1) is 12.7 Å². The Morgan fingerprint density at radius 3 is 2.48 bits per heavy atom. The number of aliphatic hydroxyl groups is 2. The summed E-state index contributed by atoms with van der Waals surface area (Å²) in [6, 6.07) is 17.1. The quantitative estimate of drug-likeness (QED) is 0.131. The maximum atomic E-state index is 12.3. The van der Waals surface area contributed by atoms with Gasteiger partial charge in [-0.2, -0.15) is 0 Å². The highest BCUT2D eigenvalue weighted by atomic mass is 33.1. The van der Waals surface area contributed by atoms with E-state index in [2.05, 4.69) is 66.8 Å². The van der Waals surface area contributed by atoms with Crippen molar-refractivity contribution in [3.8, 4) is 0 Å². The number of aliphatic hydroxyl groups excluding tert-OH is 2. The van der Waals surface area contributed by atoms with Crippen molar-refractivity contribution in [3.05, 3.63) is 95.1 Å². The first-order chi connectivity index (χ1) is 23.4. The molecule has 0 radical (unpaired) electrons. The molecule has 6 rings (SSSR count). The molecule has 5 N–H and O–H groups in total. The minimum Gasteiger partial charge on any atom is -0.481 e. The van der Waals surface area contributed by atoms with Gasteiger partial charge in [-0.25, -0.2) is 0 Å². The zero-order chi connectivity index (χ0) is 33.7. The number of carboxylic acids is 1. The molecule has 48 heavy (non-hydrogen) atoms. The highest BCUT2D eigenvalue weighted by Crippen LogP contribution is 2.46. The molecule has 0 spiro atoms. The Morgan fingerprint density at radius 2 is 1.71 bits per heavy atom. The van der Waals surface area contributed by atoms with Crippen LogP contribution in [0.5, 0.6) is 0 Å². The largest absolute Gasteiger partial charge is 0.481 e. The van der Waals surface area contributed by atoms with Gasteiger partial charge in [0.1, 0.15) is 0 Å². The molecule has 2 aliphatic carbocycles. The van der Waals surface area contributed by atoms with Crippen molar-refractivity contribution in [2.75, 3.05) is 12.3 Å². The molecular formula is C41H57NO4S2. The van der Waals surface area contributed by atoms with E-state index in [4.69, 9.17) is 5.73 Å². The van der Waals surface area contributed by atoms with Crippen LogP contribution in [-0.4, -0.2) is 39.7 Å². The summed E-state index contributed by atoms with van der Waals surface area (Å²) in [5, 5.41) is 31.0. The van der Waals surface area contributed by atoms with Gasteiger partial charge in [0.2, 0.25) is 0 Å². The number of hydrogen-bond donors (Lipinski definition) is 4. The van der Waals surface area contributed by atoms with Crippen LogP contribution >= 0.6 is 21.6 Å². The summed E-state index contributed by atoms with van der Waals surface area (Å²) in [5.74, 6) is 3.20. The van der Waals surface area contributed by atoms with E-state index in [1.54, 1.807) is 0 Å². The maximum absolute atomic E-state index is 12.3. The molecule has 2 aromatic carbocycles. The molecule has 0 amide bonds. The zero-order valence-corrected chi connectivity index (χ0v) is 30.1. The molecule has 0 unspecified atom stereocenters. The van der Waals surface area contributed by atoms with Gasteiger partial charge in [0.15, 0.2) is 0 Å². The monoisotopic (exact) mass is 691 g/mol. The van der Waals surface area contributed by atoms with Gasteiger partial charge in [-0.1, -0.05) is 127 Å². The average Bonchev–Trinajstić information content (AvgIpc) is 3.08. The smallest absolute Gasteiger partial charge is 0.303 e. The number of aliphatic carboxylic acids is 1. The van der Waals surface area contributed by atoms with Gasteiger partial charge >= 0.3 is 5.97 Å². The first-order valence-electron chi connectivity index (χ1n) is 18.4. The number of allylic oxidation sites excluding steroid dienone is 3. The highest BCUT2D eigenvalue weighted by Gasteiger charge is 2.39. The van der Waals surface area contributed by atoms with Gasteiger partial charge in [-0.15, -0.1) is 0 Å². The first-order valence-corrected chi connectivity index (χ1v) is 20.9. The lowest BCUT2D eigenvalue weighted by atomic mass is 9.63. The molecule has 262 valence electrons. The van der Waals surface area contributed by atoms with Crippen molar-refractivity contribution in [2.45, 2.75) is 95.5 Å². The summed E-state index contributed by atoms with van der Waals surface area (Å²) < 4.78 is 0. The van der Waals surface area contributed by atoms with Gasteiger partial charge in [0.25, 0.3) is 0 Å². The lowest BCUT2D eigenvalue weighted by molar-refractivity contribution is -0.139. The Bertz CT molecular complexity index is 1340. The number of rotatable bonds is 12. The average molecular weight is 692 g/mol. The second-order valence-corrected chi connectivity index (χ2v) is 17.2. The highest BCUT2D eigenvalue weighted by molar-refractivity contribution is 8.76. The number of fused-ring (bicyclic) bond motifs is 7. The molecule has 1 fully saturated rings. The van der Waals surface area contributed by atoms with Crippen molar-refractivity contribution in [3.63, 3.8) is 0 Å². The first kappa shape index (κ1) is 37.2. The molecule has 2 heterocycles. The van der Waals surface area contributed by atoms with Crippen LogP contribution < -0.4 is 5.73 Å². The van der Waals surface area contributed by atoms with E-state index in [0.717, 1.165) is 55.6 Å². The topological polar surface area (TPSA) is 104 Å². The number of hydrogen-bond acceptors (Lipinski definition) is 6. The Labute approximate surface area is 296 Å². The molecule has 0 saturated heterocycles. The fourth-order valence-electron chi connectivity index (χ4n) is 8.80. The molecule has 1 saturated carbocycles. The van der Waals surface area contributed by atoms with Crippen LogP contribution in [0.3, 0.4) is 0 Å². The lowest BCUT2D eigenvalue weighted by Gasteiger charge is -2.42. The van der Waals surface area contributed by atoms with Crippen molar-refractivity contribution in [1.29, 1.82) is 0 Å². The Morgan fingerprint density at radius 1 is 0.938 bits per heavy atom. The molecule has 2 bridgehead atoms. The minimum atomic E-state index is -0.726. The standard InChI is InChI=1S/C41H57NO4S2/c42-19-18-39-34-16-17-35(40(39)25-41(45)46)23-32-12-4-5-13-36(32)27-47-48-28-37(21-30-10-6-11-31(20-30)26-43)33(24-34)14-7-15-38(44)22-29-8-2-1-3-9-29/h4-7,10-13,15-17,20,29,33-35,37-40,43-44H,1-3,8-9,14,18-19,21-28,42H2,(H,45,46)/b15-7-/t33-,34+,35+,37+,38+,39+,40+/m1/s1. The Kier molecular flexibility index (Phi) is 15.0. The van der Waals surface area contributed by atoms with Crippen LogP contribution in [0.4, 0.5) is 0 Å². The Balaban J connectivity index is 1.46. The van der Waals surface area contributed by atoms with E-state index in [9.17, 15) is 20.1 Å². The van der Waals surface area contributed by atoms with Crippen LogP contribution in [-0.2, 0) is 30.0 Å². The maximum Gasteiger partial charge on any atom is 0.303 e. The van der Waals surface area contributed by atoms with E-state index in [-0.39, 0.29) is 36.7 Å². The summed E-state index contributed by atoms with van der Waals surface area (Å²) >= 11 is 0. The number of benzene rings is 2. The van der Waals surface area contributed by atoms with Crippen LogP contribution in [0.25, 0.3) is 0 Å². The fourth-order valence-corrected chi connectivity index (χ4v) is 11.4. The molecule has 5 nitrogen and oxygen atoms in total. The van der Waals surface area contributed by atoms with E-state index < -0.39 is 12.1 Å². The predicted molar refractivity (Wildman–Crippen MR) is 202 cm³/mol. The number of carbonyl (C=O) groups is 1. The van der Waals surface area contributed by atoms with Crippen LogP contribution in [0.2, 0.25) is 0 Å². The van der Waals surface area contributed by atoms with Gasteiger partial charge in [-0.05, 0) is 109 Å². The molecule has 2 aromatic rings. The second-order valence-electron chi connectivity index (χ2n) is 14.6. The summed E-state index contributed by atoms with van der Waals surface area (Å²) in [6.07, 6.45) is 20.5. The van der Waals surface area contributed by atoms with E-state index in [1.807, 2.05) is 27.7 Å². The van der Waals surface area contributed by atoms with E-state index in [1.165, 1.54) is 48.8 Å². The Hall–Kier alpha value is -2.03. The fraction of sp³-hybridized carbons (Fsp3) is 0.585. The minimum absolute atomic E-state index is 0.0345. The van der Waals surface area contributed by atoms with Gasteiger partial charge in [-0.3, -0.25) is 4.79 Å². The molecular weight excluding hydrogens is 635 g/mol. The van der Waals surface area contributed by atoms with Crippen LogP contribution in [0, 0.1) is 41.4 Å². The summed E-state index contributed by atoms with van der Waals surface area (Å²) in [6.45, 7) is 0.587.